The molecule has 0 saturated heterocycles. The van der Waals surface area contributed by atoms with E-state index in [1.165, 1.54) is 105 Å². The molecule has 0 atom stereocenters. The number of hydrogen-bond acceptors (Lipinski definition) is 5. The van der Waals surface area contributed by atoms with E-state index in [9.17, 15) is 0 Å². The number of benzene rings is 2. The highest BCUT2D eigenvalue weighted by molar-refractivity contribution is 5.68. The lowest BCUT2D eigenvalue weighted by Crippen LogP contribution is -2.41. The van der Waals surface area contributed by atoms with Crippen LogP contribution in [0.15, 0.2) is 109 Å². The molecule has 5 rings (SSSR count). The Morgan fingerprint density at radius 3 is 1.58 bits per heavy atom. The number of aryl methyl sites for hydroxylation is 4. The summed E-state index contributed by atoms with van der Waals surface area (Å²) < 4.78 is 0. The van der Waals surface area contributed by atoms with Crippen molar-refractivity contribution in [3.8, 4) is 0 Å². The standard InChI is InChI=1S/C47H63N5/c1-5-9-13-20-39-24-17-26-43(34-39)51(46-36-41(29-31-48-46)22-15-11-7-3)45-28-19-33-50(38-45)52(44-27-18-25-40(35-44)21-14-10-6-2)47-37-42(30-32-49-47)23-16-12-8-4/h17-19,24-37H,5-16,20-23,38H2,1-4H3. The zero-order chi connectivity index (χ0) is 36.4. The van der Waals surface area contributed by atoms with E-state index >= 15 is 0 Å². The Morgan fingerprint density at radius 2 is 1.02 bits per heavy atom. The Morgan fingerprint density at radius 1 is 0.538 bits per heavy atom. The molecule has 1 aliphatic rings. The summed E-state index contributed by atoms with van der Waals surface area (Å²) in [5.74, 6) is 1.92. The fraction of sp³-hybridized carbons (Fsp3) is 0.447. The van der Waals surface area contributed by atoms with Crippen LogP contribution < -0.4 is 9.91 Å². The molecule has 0 N–H and O–H groups in total. The van der Waals surface area contributed by atoms with E-state index in [1.807, 2.05) is 12.4 Å². The molecule has 1 aliphatic heterocycles. The van der Waals surface area contributed by atoms with Crippen LogP contribution in [0.3, 0.4) is 0 Å². The monoisotopic (exact) mass is 698 g/mol. The van der Waals surface area contributed by atoms with Crippen molar-refractivity contribution in [3.63, 3.8) is 0 Å². The fourth-order valence-corrected chi connectivity index (χ4v) is 7.15. The third kappa shape index (κ3) is 11.3. The second-order valence-electron chi connectivity index (χ2n) is 14.5. The molecule has 0 aliphatic carbocycles. The summed E-state index contributed by atoms with van der Waals surface area (Å²) in [6, 6.07) is 27.2. The fourth-order valence-electron chi connectivity index (χ4n) is 7.15. The van der Waals surface area contributed by atoms with Gasteiger partial charge in [-0.05, 0) is 134 Å². The van der Waals surface area contributed by atoms with Crippen LogP contribution in [-0.4, -0.2) is 21.5 Å². The number of nitrogens with zero attached hydrogens (tertiary/aromatic N) is 5. The molecule has 0 spiro atoms. The number of hydrogen-bond donors (Lipinski definition) is 0. The predicted octanol–water partition coefficient (Wildman–Crippen LogP) is 13.0. The van der Waals surface area contributed by atoms with Crippen LogP contribution in [0.2, 0.25) is 0 Å². The number of anilines is 4. The number of aromatic nitrogens is 2. The quantitative estimate of drug-likeness (QED) is 0.0764. The summed E-state index contributed by atoms with van der Waals surface area (Å²) in [6.07, 6.45) is 29.6. The first-order chi connectivity index (χ1) is 25.6. The molecule has 0 bridgehead atoms. The molecule has 0 saturated carbocycles. The van der Waals surface area contributed by atoms with Crippen molar-refractivity contribution in [1.82, 2.24) is 15.0 Å². The van der Waals surface area contributed by atoms with Crippen LogP contribution >= 0.6 is 0 Å². The zero-order valence-corrected chi connectivity index (χ0v) is 32.6. The van der Waals surface area contributed by atoms with E-state index in [-0.39, 0.29) is 0 Å². The Labute approximate surface area is 315 Å². The highest BCUT2D eigenvalue weighted by Crippen LogP contribution is 2.35. The minimum Gasteiger partial charge on any atom is -0.297 e. The smallest absolute Gasteiger partial charge is 0.152 e. The molecule has 2 aromatic heterocycles. The summed E-state index contributed by atoms with van der Waals surface area (Å²) in [7, 11) is 0. The van der Waals surface area contributed by atoms with Crippen LogP contribution in [-0.2, 0) is 25.7 Å². The van der Waals surface area contributed by atoms with E-state index in [4.69, 9.17) is 9.97 Å². The first kappa shape index (κ1) is 38.8. The number of pyridine rings is 2. The molecule has 2 aromatic carbocycles. The van der Waals surface area contributed by atoms with Gasteiger partial charge in [0, 0.05) is 30.0 Å². The van der Waals surface area contributed by atoms with Gasteiger partial charge in [0.1, 0.15) is 5.82 Å². The van der Waals surface area contributed by atoms with Crippen molar-refractivity contribution in [2.75, 3.05) is 16.5 Å². The van der Waals surface area contributed by atoms with Crippen molar-refractivity contribution in [1.29, 1.82) is 0 Å². The van der Waals surface area contributed by atoms with Gasteiger partial charge in [-0.25, -0.2) is 15.0 Å². The molecule has 0 amide bonds. The molecular weight excluding hydrogens is 635 g/mol. The average Bonchev–Trinajstić information content (AvgIpc) is 3.17. The van der Waals surface area contributed by atoms with Crippen molar-refractivity contribution < 1.29 is 0 Å². The lowest BCUT2D eigenvalue weighted by Gasteiger charge is -2.39. The Kier molecular flexibility index (Phi) is 15.8. The van der Waals surface area contributed by atoms with Gasteiger partial charge < -0.3 is 0 Å². The molecule has 3 heterocycles. The average molecular weight is 698 g/mol. The Bertz CT molecular complexity index is 1600. The summed E-state index contributed by atoms with van der Waals surface area (Å²) >= 11 is 0. The van der Waals surface area contributed by atoms with Crippen LogP contribution in [0.5, 0.6) is 0 Å². The van der Waals surface area contributed by atoms with E-state index in [0.717, 1.165) is 48.7 Å². The van der Waals surface area contributed by atoms with E-state index in [1.54, 1.807) is 0 Å². The first-order valence-electron chi connectivity index (χ1n) is 20.4. The third-order valence-electron chi connectivity index (χ3n) is 10.1. The second kappa shape index (κ2) is 21.2. The Balaban J connectivity index is 1.53. The highest BCUT2D eigenvalue weighted by atomic mass is 15.6. The van der Waals surface area contributed by atoms with Gasteiger partial charge in [-0.1, -0.05) is 103 Å². The maximum absolute atomic E-state index is 5.02. The summed E-state index contributed by atoms with van der Waals surface area (Å²) in [4.78, 5) is 12.4. The molecule has 5 nitrogen and oxygen atoms in total. The topological polar surface area (TPSA) is 35.5 Å². The normalized spacial score (nSPS) is 12.6. The van der Waals surface area contributed by atoms with Crippen molar-refractivity contribution in [2.45, 2.75) is 130 Å². The molecule has 5 heteroatoms. The van der Waals surface area contributed by atoms with Gasteiger partial charge in [0.2, 0.25) is 0 Å². The highest BCUT2D eigenvalue weighted by Gasteiger charge is 2.25. The minimum absolute atomic E-state index is 0.667. The largest absolute Gasteiger partial charge is 0.297 e. The van der Waals surface area contributed by atoms with Crippen molar-refractivity contribution in [2.24, 2.45) is 0 Å². The second-order valence-corrected chi connectivity index (χ2v) is 14.5. The molecule has 0 unspecified atom stereocenters. The number of allylic oxidation sites excluding steroid dienone is 2. The zero-order valence-electron chi connectivity index (χ0n) is 32.6. The number of hydrazine groups is 1. The van der Waals surface area contributed by atoms with E-state index in [2.05, 4.69) is 134 Å². The van der Waals surface area contributed by atoms with Gasteiger partial charge in [-0.15, -0.1) is 0 Å². The third-order valence-corrected chi connectivity index (χ3v) is 10.1. The summed E-state index contributed by atoms with van der Waals surface area (Å²) in [5, 5.41) is 4.66. The lowest BCUT2D eigenvalue weighted by atomic mass is 10.1. The first-order valence-corrected chi connectivity index (χ1v) is 20.4. The number of unbranched alkanes of at least 4 members (excludes halogenated alkanes) is 8. The van der Waals surface area contributed by atoms with E-state index < -0.39 is 0 Å². The molecular formula is C47H63N5. The molecule has 0 radical (unpaired) electrons. The van der Waals surface area contributed by atoms with Crippen LogP contribution in [0.1, 0.15) is 127 Å². The van der Waals surface area contributed by atoms with Gasteiger partial charge in [-0.2, -0.15) is 0 Å². The lowest BCUT2D eigenvalue weighted by molar-refractivity contribution is 0.404. The summed E-state index contributed by atoms with van der Waals surface area (Å²) in [5.41, 5.74) is 8.91. The van der Waals surface area contributed by atoms with Crippen LogP contribution in [0.4, 0.5) is 23.0 Å². The molecule has 276 valence electrons. The number of rotatable bonds is 22. The van der Waals surface area contributed by atoms with Crippen molar-refractivity contribution >= 4 is 23.0 Å². The van der Waals surface area contributed by atoms with Gasteiger partial charge in [0.05, 0.1) is 12.2 Å². The maximum Gasteiger partial charge on any atom is 0.152 e. The maximum atomic E-state index is 5.02. The van der Waals surface area contributed by atoms with Gasteiger partial charge in [0.25, 0.3) is 0 Å². The SMILES string of the molecule is CCCCCc1cccc(N(C2=CC=CN(N(c3cccc(CCCCC)c3)c3cc(CCCCC)ccn3)C2)c2cc(CCCCC)ccn2)c1. The van der Waals surface area contributed by atoms with E-state index in [0.29, 0.717) is 6.54 Å². The molecule has 52 heavy (non-hydrogen) atoms. The van der Waals surface area contributed by atoms with Gasteiger partial charge in [0.15, 0.2) is 5.82 Å². The predicted molar refractivity (Wildman–Crippen MR) is 222 cm³/mol. The van der Waals surface area contributed by atoms with Crippen LogP contribution in [0.25, 0.3) is 0 Å². The molecule has 4 aromatic rings. The van der Waals surface area contributed by atoms with Crippen molar-refractivity contribution in [3.05, 3.63) is 131 Å². The van der Waals surface area contributed by atoms with Crippen LogP contribution in [0, 0.1) is 0 Å². The van der Waals surface area contributed by atoms with Gasteiger partial charge >= 0.3 is 0 Å². The molecule has 0 fully saturated rings. The summed E-state index contributed by atoms with van der Waals surface area (Å²) in [6.45, 7) is 9.75. The van der Waals surface area contributed by atoms with Gasteiger partial charge in [-0.3, -0.25) is 9.91 Å². The minimum atomic E-state index is 0.667. The Hall–Kier alpha value is -4.38.